The number of nitrogens with one attached hydrogen (secondary N) is 2. The molecule has 2 N–H and O–H groups in total. The summed E-state index contributed by atoms with van der Waals surface area (Å²) < 4.78 is 0. The summed E-state index contributed by atoms with van der Waals surface area (Å²) in [6.07, 6.45) is 2.63. The number of thioether (sulfide) groups is 1. The van der Waals surface area contributed by atoms with Crippen molar-refractivity contribution in [2.24, 2.45) is 5.92 Å². The first-order valence-corrected chi connectivity index (χ1v) is 11.0. The van der Waals surface area contributed by atoms with E-state index < -0.39 is 12.0 Å². The fourth-order valence-electron chi connectivity index (χ4n) is 3.29. The maximum absolute atomic E-state index is 12.8. The molecule has 29 heavy (non-hydrogen) atoms. The van der Waals surface area contributed by atoms with Crippen LogP contribution in [0.5, 0.6) is 0 Å². The van der Waals surface area contributed by atoms with E-state index in [1.807, 2.05) is 54.8 Å². The van der Waals surface area contributed by atoms with Gasteiger partial charge in [0.15, 0.2) is 0 Å². The second kappa shape index (κ2) is 10.1. The average molecular weight is 412 g/mol. The van der Waals surface area contributed by atoms with Crippen LogP contribution < -0.4 is 15.5 Å². The lowest BCUT2D eigenvalue weighted by molar-refractivity contribution is -0.129. The molecule has 1 aliphatic rings. The minimum absolute atomic E-state index is 0.0780. The summed E-state index contributed by atoms with van der Waals surface area (Å²) in [5, 5.41) is 5.71. The third-order valence-electron chi connectivity index (χ3n) is 4.85. The summed E-state index contributed by atoms with van der Waals surface area (Å²) in [4.78, 5) is 39.5. The molecule has 1 heterocycles. The number of carbonyl (C=O) groups is 3. The summed E-state index contributed by atoms with van der Waals surface area (Å²) in [6, 6.07) is 17.8. The molecule has 7 heteroatoms. The predicted molar refractivity (Wildman–Crippen MR) is 117 cm³/mol. The lowest BCUT2D eigenvalue weighted by atomic mass is 10.1. The van der Waals surface area contributed by atoms with Gasteiger partial charge in [-0.2, -0.15) is 11.8 Å². The van der Waals surface area contributed by atoms with E-state index >= 15 is 0 Å². The molecule has 1 aliphatic heterocycles. The van der Waals surface area contributed by atoms with Crippen molar-refractivity contribution in [1.82, 2.24) is 5.32 Å². The molecule has 0 aliphatic carbocycles. The van der Waals surface area contributed by atoms with Crippen LogP contribution >= 0.6 is 11.8 Å². The van der Waals surface area contributed by atoms with Crippen molar-refractivity contribution in [3.05, 3.63) is 60.7 Å². The van der Waals surface area contributed by atoms with Crippen molar-refractivity contribution in [2.45, 2.75) is 18.9 Å². The first-order chi connectivity index (χ1) is 14.1. The van der Waals surface area contributed by atoms with Gasteiger partial charge in [-0.1, -0.05) is 36.4 Å². The van der Waals surface area contributed by atoms with Crippen LogP contribution in [0.2, 0.25) is 0 Å². The van der Waals surface area contributed by atoms with Gasteiger partial charge in [-0.05, 0) is 42.7 Å². The first kappa shape index (κ1) is 20.9. The average Bonchev–Trinajstić information content (AvgIpc) is 3.14. The summed E-state index contributed by atoms with van der Waals surface area (Å²) >= 11 is 1.62. The SMILES string of the molecule is CSCCC(NC(=O)C1CC(=O)N(c2ccccc2)C1)C(=O)Nc1ccccc1. The van der Waals surface area contributed by atoms with Gasteiger partial charge in [-0.25, -0.2) is 0 Å². The topological polar surface area (TPSA) is 78.5 Å². The second-order valence-corrected chi connectivity index (χ2v) is 7.92. The molecule has 1 saturated heterocycles. The Morgan fingerprint density at radius 3 is 2.41 bits per heavy atom. The van der Waals surface area contributed by atoms with E-state index in [2.05, 4.69) is 10.6 Å². The normalized spacial score (nSPS) is 17.1. The maximum Gasteiger partial charge on any atom is 0.246 e. The van der Waals surface area contributed by atoms with Crippen LogP contribution in [0, 0.1) is 5.92 Å². The Hall–Kier alpha value is -2.80. The molecule has 6 nitrogen and oxygen atoms in total. The number of hydrogen-bond donors (Lipinski definition) is 2. The first-order valence-electron chi connectivity index (χ1n) is 9.59. The minimum Gasteiger partial charge on any atom is -0.344 e. The van der Waals surface area contributed by atoms with E-state index in [4.69, 9.17) is 0 Å². The molecule has 0 radical (unpaired) electrons. The molecule has 2 aromatic carbocycles. The van der Waals surface area contributed by atoms with Gasteiger partial charge >= 0.3 is 0 Å². The van der Waals surface area contributed by atoms with Crippen LogP contribution in [0.25, 0.3) is 0 Å². The highest BCUT2D eigenvalue weighted by Crippen LogP contribution is 2.25. The van der Waals surface area contributed by atoms with Gasteiger partial charge in [0.05, 0.1) is 5.92 Å². The zero-order valence-corrected chi connectivity index (χ0v) is 17.2. The summed E-state index contributed by atoms with van der Waals surface area (Å²) in [7, 11) is 0. The number of rotatable bonds is 8. The standard InChI is InChI=1S/C22H25N3O3S/c1-29-13-12-19(22(28)23-17-8-4-2-5-9-17)24-21(27)16-14-20(26)25(15-16)18-10-6-3-7-11-18/h2-11,16,19H,12-15H2,1H3,(H,23,28)(H,24,27). The maximum atomic E-state index is 12.8. The molecule has 3 rings (SSSR count). The molecular weight excluding hydrogens is 386 g/mol. The molecule has 2 unspecified atom stereocenters. The van der Waals surface area contributed by atoms with Crippen LogP contribution in [0.1, 0.15) is 12.8 Å². The van der Waals surface area contributed by atoms with E-state index in [1.165, 1.54) is 0 Å². The van der Waals surface area contributed by atoms with Gasteiger partial charge < -0.3 is 15.5 Å². The Balaban J connectivity index is 1.63. The second-order valence-electron chi connectivity index (χ2n) is 6.94. The lowest BCUT2D eigenvalue weighted by Crippen LogP contribution is -2.46. The largest absolute Gasteiger partial charge is 0.344 e. The third kappa shape index (κ3) is 5.60. The van der Waals surface area contributed by atoms with Crippen molar-refractivity contribution >= 4 is 40.9 Å². The predicted octanol–water partition coefficient (Wildman–Crippen LogP) is 2.92. The van der Waals surface area contributed by atoms with Crippen molar-refractivity contribution in [2.75, 3.05) is 28.8 Å². The van der Waals surface area contributed by atoms with E-state index in [0.29, 0.717) is 18.7 Å². The summed E-state index contributed by atoms with van der Waals surface area (Å²) in [5.41, 5.74) is 1.47. The van der Waals surface area contributed by atoms with Crippen LogP contribution in [0.15, 0.2) is 60.7 Å². The number of benzene rings is 2. The molecular formula is C22H25N3O3S. The Labute approximate surface area is 175 Å². The number of amides is 3. The number of hydrogen-bond acceptors (Lipinski definition) is 4. The van der Waals surface area contributed by atoms with Gasteiger partial charge in [0, 0.05) is 24.3 Å². The van der Waals surface area contributed by atoms with Crippen molar-refractivity contribution < 1.29 is 14.4 Å². The molecule has 0 spiro atoms. The molecule has 1 fully saturated rings. The summed E-state index contributed by atoms with van der Waals surface area (Å²) in [6.45, 7) is 0.324. The van der Waals surface area contributed by atoms with Gasteiger partial charge in [0.25, 0.3) is 0 Å². The van der Waals surface area contributed by atoms with E-state index in [9.17, 15) is 14.4 Å². The molecule has 0 saturated carbocycles. The quantitative estimate of drug-likeness (QED) is 0.700. The van der Waals surface area contributed by atoms with Crippen LogP contribution in [-0.2, 0) is 14.4 Å². The number of nitrogens with zero attached hydrogens (tertiary/aromatic N) is 1. The Morgan fingerprint density at radius 1 is 1.10 bits per heavy atom. The monoisotopic (exact) mass is 411 g/mol. The van der Waals surface area contributed by atoms with Gasteiger partial charge in [-0.3, -0.25) is 14.4 Å². The smallest absolute Gasteiger partial charge is 0.246 e. The zero-order chi connectivity index (χ0) is 20.6. The number of carbonyl (C=O) groups excluding carboxylic acids is 3. The third-order valence-corrected chi connectivity index (χ3v) is 5.49. The molecule has 0 aromatic heterocycles. The van der Waals surface area contributed by atoms with E-state index in [1.54, 1.807) is 28.8 Å². The Bertz CT molecular complexity index is 845. The van der Waals surface area contributed by atoms with Gasteiger partial charge in [0.1, 0.15) is 6.04 Å². The Kier molecular flexibility index (Phi) is 7.30. The van der Waals surface area contributed by atoms with Crippen LogP contribution in [-0.4, -0.2) is 42.3 Å². The van der Waals surface area contributed by atoms with E-state index in [-0.39, 0.29) is 24.1 Å². The fourth-order valence-corrected chi connectivity index (χ4v) is 3.76. The molecule has 3 amide bonds. The lowest BCUT2D eigenvalue weighted by Gasteiger charge is -2.21. The summed E-state index contributed by atoms with van der Waals surface area (Å²) in [5.74, 6) is -0.309. The fraction of sp³-hybridized carbons (Fsp3) is 0.318. The van der Waals surface area contributed by atoms with Crippen molar-refractivity contribution in [1.29, 1.82) is 0 Å². The van der Waals surface area contributed by atoms with E-state index in [0.717, 1.165) is 11.4 Å². The number of anilines is 2. The highest BCUT2D eigenvalue weighted by molar-refractivity contribution is 7.98. The van der Waals surface area contributed by atoms with Crippen molar-refractivity contribution in [3.63, 3.8) is 0 Å². The minimum atomic E-state index is -0.643. The Morgan fingerprint density at radius 2 is 1.76 bits per heavy atom. The molecule has 0 bridgehead atoms. The van der Waals surface area contributed by atoms with Crippen LogP contribution in [0.4, 0.5) is 11.4 Å². The highest BCUT2D eigenvalue weighted by Gasteiger charge is 2.36. The van der Waals surface area contributed by atoms with Crippen molar-refractivity contribution in [3.8, 4) is 0 Å². The number of para-hydroxylation sites is 2. The zero-order valence-electron chi connectivity index (χ0n) is 16.3. The molecule has 2 atom stereocenters. The van der Waals surface area contributed by atoms with Gasteiger partial charge in [-0.15, -0.1) is 0 Å². The molecule has 2 aromatic rings. The van der Waals surface area contributed by atoms with Gasteiger partial charge in [0.2, 0.25) is 17.7 Å². The molecule has 152 valence electrons. The van der Waals surface area contributed by atoms with Crippen LogP contribution in [0.3, 0.4) is 0 Å². The highest BCUT2D eigenvalue weighted by atomic mass is 32.2.